The second-order valence-corrected chi connectivity index (χ2v) is 9.02. The minimum Gasteiger partial charge on any atom is -0.0786 e. The molecule has 118 valence electrons. The highest BCUT2D eigenvalue weighted by molar-refractivity contribution is 9.09. The molecule has 0 spiro atoms. The molecule has 22 heavy (non-hydrogen) atoms. The first-order valence-electron chi connectivity index (χ1n) is 7.94. The molecular formula is C21H27Br. The maximum absolute atomic E-state index is 3.84. The summed E-state index contributed by atoms with van der Waals surface area (Å²) in [5, 5.41) is 0. The van der Waals surface area contributed by atoms with E-state index in [0.717, 1.165) is 0 Å². The minimum atomic E-state index is 0.203. The number of benzene rings is 2. The molecule has 2 aromatic carbocycles. The smallest absolute Gasteiger partial charge is 0.0644 e. The summed E-state index contributed by atoms with van der Waals surface area (Å²) in [6.07, 6.45) is 0. The number of halogens is 1. The van der Waals surface area contributed by atoms with Gasteiger partial charge in [0.05, 0.1) is 4.83 Å². The zero-order valence-corrected chi connectivity index (χ0v) is 16.2. The first-order valence-corrected chi connectivity index (χ1v) is 8.85. The lowest BCUT2D eigenvalue weighted by Crippen LogP contribution is -2.11. The highest BCUT2D eigenvalue weighted by Gasteiger charge is 2.17. The van der Waals surface area contributed by atoms with Gasteiger partial charge in [0, 0.05) is 0 Å². The Morgan fingerprint density at radius 3 is 1.09 bits per heavy atom. The van der Waals surface area contributed by atoms with Crippen LogP contribution in [0.3, 0.4) is 0 Å². The second kappa shape index (κ2) is 6.20. The van der Waals surface area contributed by atoms with Crippen LogP contribution in [0.5, 0.6) is 0 Å². The monoisotopic (exact) mass is 358 g/mol. The van der Waals surface area contributed by atoms with E-state index in [-0.39, 0.29) is 15.7 Å². The van der Waals surface area contributed by atoms with Crippen LogP contribution < -0.4 is 0 Å². The van der Waals surface area contributed by atoms with Crippen LogP contribution >= 0.6 is 15.9 Å². The van der Waals surface area contributed by atoms with Gasteiger partial charge in [-0.25, -0.2) is 0 Å². The SMILES string of the molecule is CC(C)(C)c1ccc(C(Br)c2ccc(C(C)(C)C)cc2)cc1. The third kappa shape index (κ3) is 4.01. The Hall–Kier alpha value is -1.08. The van der Waals surface area contributed by atoms with Gasteiger partial charge in [0.1, 0.15) is 0 Å². The van der Waals surface area contributed by atoms with Gasteiger partial charge in [0.15, 0.2) is 0 Å². The van der Waals surface area contributed by atoms with E-state index < -0.39 is 0 Å². The van der Waals surface area contributed by atoms with Gasteiger partial charge in [-0.15, -0.1) is 0 Å². The van der Waals surface area contributed by atoms with Gasteiger partial charge >= 0.3 is 0 Å². The van der Waals surface area contributed by atoms with Crippen molar-refractivity contribution >= 4 is 15.9 Å². The van der Waals surface area contributed by atoms with Crippen LogP contribution in [0.25, 0.3) is 0 Å². The van der Waals surface area contributed by atoms with Crippen LogP contribution in [0.2, 0.25) is 0 Å². The third-order valence-electron chi connectivity index (χ3n) is 4.14. The molecule has 0 fully saturated rings. The molecule has 0 amide bonds. The Labute approximate surface area is 144 Å². The van der Waals surface area contributed by atoms with Crippen LogP contribution in [0.4, 0.5) is 0 Å². The van der Waals surface area contributed by atoms with Crippen molar-refractivity contribution in [2.24, 2.45) is 0 Å². The lowest BCUT2D eigenvalue weighted by molar-refractivity contribution is 0.590. The zero-order chi connectivity index (χ0) is 16.5. The van der Waals surface area contributed by atoms with Gasteiger partial charge in [-0.1, -0.05) is 106 Å². The summed E-state index contributed by atoms with van der Waals surface area (Å²) in [6, 6.07) is 17.9. The fourth-order valence-corrected chi connectivity index (χ4v) is 3.11. The van der Waals surface area contributed by atoms with Crippen LogP contribution in [0.1, 0.15) is 68.6 Å². The quantitative estimate of drug-likeness (QED) is 0.519. The molecule has 2 aromatic rings. The zero-order valence-electron chi connectivity index (χ0n) is 14.6. The molecule has 0 bridgehead atoms. The van der Waals surface area contributed by atoms with E-state index in [9.17, 15) is 0 Å². The summed E-state index contributed by atoms with van der Waals surface area (Å²) in [7, 11) is 0. The van der Waals surface area contributed by atoms with Gasteiger partial charge in [0.2, 0.25) is 0 Å². The van der Waals surface area contributed by atoms with Crippen molar-refractivity contribution < 1.29 is 0 Å². The van der Waals surface area contributed by atoms with Gasteiger partial charge in [-0.05, 0) is 33.1 Å². The molecule has 0 radical (unpaired) electrons. The van der Waals surface area contributed by atoms with E-state index in [1.54, 1.807) is 0 Å². The third-order valence-corrected chi connectivity index (χ3v) is 5.20. The van der Waals surface area contributed by atoms with Crippen LogP contribution in [-0.2, 0) is 10.8 Å². The highest BCUT2D eigenvalue weighted by atomic mass is 79.9. The molecule has 0 saturated heterocycles. The Balaban J connectivity index is 2.23. The van der Waals surface area contributed by atoms with E-state index in [1.165, 1.54) is 22.3 Å². The Kier molecular flexibility index (Phi) is 4.87. The fraction of sp³-hybridized carbons (Fsp3) is 0.429. The Morgan fingerprint density at radius 1 is 0.591 bits per heavy atom. The molecule has 1 heteroatoms. The number of hydrogen-bond donors (Lipinski definition) is 0. The van der Waals surface area contributed by atoms with Crippen LogP contribution in [0, 0.1) is 0 Å². The van der Waals surface area contributed by atoms with Gasteiger partial charge in [-0.3, -0.25) is 0 Å². The fourth-order valence-electron chi connectivity index (χ4n) is 2.50. The van der Waals surface area contributed by atoms with E-state index in [4.69, 9.17) is 0 Å². The first kappa shape index (κ1) is 17.3. The van der Waals surface area contributed by atoms with Crippen molar-refractivity contribution in [1.29, 1.82) is 0 Å². The summed E-state index contributed by atoms with van der Waals surface area (Å²) in [4.78, 5) is 0.246. The molecule has 2 rings (SSSR count). The summed E-state index contributed by atoms with van der Waals surface area (Å²) < 4.78 is 0. The van der Waals surface area contributed by atoms with Gasteiger partial charge < -0.3 is 0 Å². The maximum Gasteiger partial charge on any atom is 0.0644 e. The molecule has 0 aliphatic carbocycles. The average Bonchev–Trinajstić information content (AvgIpc) is 2.45. The molecule has 0 nitrogen and oxygen atoms in total. The van der Waals surface area contributed by atoms with Gasteiger partial charge in [0.25, 0.3) is 0 Å². The molecule has 0 N–H and O–H groups in total. The average molecular weight is 359 g/mol. The molecule has 0 atom stereocenters. The van der Waals surface area contributed by atoms with E-state index >= 15 is 0 Å². The molecule has 0 aromatic heterocycles. The molecular weight excluding hydrogens is 332 g/mol. The van der Waals surface area contributed by atoms with E-state index in [2.05, 4.69) is 106 Å². The topological polar surface area (TPSA) is 0 Å². The molecule has 0 saturated carbocycles. The summed E-state index contributed by atoms with van der Waals surface area (Å²) in [5.41, 5.74) is 5.76. The lowest BCUT2D eigenvalue weighted by Gasteiger charge is -2.21. The maximum atomic E-state index is 3.84. The van der Waals surface area contributed by atoms with Gasteiger partial charge in [-0.2, -0.15) is 0 Å². The minimum absolute atomic E-state index is 0.203. The number of hydrogen-bond acceptors (Lipinski definition) is 0. The number of alkyl halides is 1. The first-order chi connectivity index (χ1) is 10.1. The summed E-state index contributed by atoms with van der Waals surface area (Å²) in [5.74, 6) is 0. The summed E-state index contributed by atoms with van der Waals surface area (Å²) >= 11 is 3.84. The van der Waals surface area contributed by atoms with Crippen LogP contribution in [-0.4, -0.2) is 0 Å². The predicted octanol–water partition coefficient (Wildman–Crippen LogP) is 6.77. The Bertz CT molecular complexity index is 549. The second-order valence-electron chi connectivity index (χ2n) is 8.11. The normalized spacial score (nSPS) is 12.7. The Morgan fingerprint density at radius 2 is 0.864 bits per heavy atom. The van der Waals surface area contributed by atoms with Crippen molar-refractivity contribution in [2.75, 3.05) is 0 Å². The standard InChI is InChI=1S/C21H27Br/c1-20(2,3)17-11-7-15(8-12-17)19(22)16-9-13-18(14-10-16)21(4,5)6/h7-14,19H,1-6H3. The van der Waals surface area contributed by atoms with Crippen molar-refractivity contribution in [3.63, 3.8) is 0 Å². The largest absolute Gasteiger partial charge is 0.0786 e. The van der Waals surface area contributed by atoms with E-state index in [0.29, 0.717) is 0 Å². The van der Waals surface area contributed by atoms with Crippen molar-refractivity contribution in [3.05, 3.63) is 70.8 Å². The van der Waals surface area contributed by atoms with E-state index in [1.807, 2.05) is 0 Å². The number of rotatable bonds is 2. The molecule has 0 unspecified atom stereocenters. The highest BCUT2D eigenvalue weighted by Crippen LogP contribution is 2.33. The molecule has 0 aliphatic heterocycles. The summed E-state index contributed by atoms with van der Waals surface area (Å²) in [6.45, 7) is 13.5. The van der Waals surface area contributed by atoms with Crippen molar-refractivity contribution in [1.82, 2.24) is 0 Å². The van der Waals surface area contributed by atoms with Crippen molar-refractivity contribution in [3.8, 4) is 0 Å². The molecule has 0 aliphatic rings. The van der Waals surface area contributed by atoms with Crippen molar-refractivity contribution in [2.45, 2.75) is 57.2 Å². The van der Waals surface area contributed by atoms with Crippen LogP contribution in [0.15, 0.2) is 48.5 Å². The lowest BCUT2D eigenvalue weighted by atomic mass is 9.85. The predicted molar refractivity (Wildman–Crippen MR) is 101 cm³/mol. The molecule has 0 heterocycles.